The lowest BCUT2D eigenvalue weighted by Gasteiger charge is -2.05. The fourth-order valence-corrected chi connectivity index (χ4v) is 3.26. The van der Waals surface area contributed by atoms with Crippen LogP contribution in [0, 0.1) is 0 Å². The molecule has 17 heavy (non-hydrogen) atoms. The molecule has 0 fully saturated rings. The van der Waals surface area contributed by atoms with Gasteiger partial charge in [0.25, 0.3) is 0 Å². The van der Waals surface area contributed by atoms with Crippen LogP contribution in [0.1, 0.15) is 0 Å². The molecule has 3 aromatic rings. The summed E-state index contributed by atoms with van der Waals surface area (Å²) in [4.78, 5) is 1.47. The topological polar surface area (TPSA) is 0 Å². The summed E-state index contributed by atoms with van der Waals surface area (Å²) in [6.45, 7) is 0. The molecule has 3 aromatic carbocycles. The first kappa shape index (κ1) is 10.7. The number of rotatable bonds is 1. The van der Waals surface area contributed by atoms with E-state index < -0.39 is 0 Å². The van der Waals surface area contributed by atoms with Crippen molar-refractivity contribution in [2.45, 2.75) is 4.90 Å². The van der Waals surface area contributed by atoms with Gasteiger partial charge < -0.3 is 0 Å². The van der Waals surface area contributed by atoms with Crippen LogP contribution >= 0.6 is 0 Å². The molecule has 0 saturated carbocycles. The molecule has 0 radical (unpaired) electrons. The van der Waals surface area contributed by atoms with E-state index >= 15 is 0 Å². The number of fused-ring (bicyclic) bond motifs is 2. The van der Waals surface area contributed by atoms with Gasteiger partial charge in [0.15, 0.2) is 4.90 Å². The fourth-order valence-electron chi connectivity index (χ4n) is 2.29. The Morgan fingerprint density at radius 3 is 2.06 bits per heavy atom. The first-order valence-corrected chi connectivity index (χ1v) is 7.79. The monoisotopic (exact) mass is 239 g/mol. The number of hydrogen-bond acceptors (Lipinski definition) is 0. The Kier molecular flexibility index (Phi) is 2.56. The van der Waals surface area contributed by atoms with E-state index in [4.69, 9.17) is 0 Å². The van der Waals surface area contributed by atoms with Gasteiger partial charge in [-0.1, -0.05) is 36.4 Å². The molecule has 0 aliphatic heterocycles. The van der Waals surface area contributed by atoms with E-state index in [1.807, 2.05) is 0 Å². The van der Waals surface area contributed by atoms with Crippen LogP contribution in [0.2, 0.25) is 0 Å². The molecule has 0 spiro atoms. The van der Waals surface area contributed by atoms with Gasteiger partial charge in [-0.2, -0.15) is 0 Å². The SMILES string of the molecule is C[S+](C)c1cccc2cc3ccccc3cc12. The van der Waals surface area contributed by atoms with Crippen molar-refractivity contribution in [1.29, 1.82) is 0 Å². The Morgan fingerprint density at radius 1 is 0.706 bits per heavy atom. The zero-order valence-corrected chi connectivity index (χ0v) is 10.9. The van der Waals surface area contributed by atoms with Crippen LogP contribution in [-0.2, 0) is 10.9 Å². The lowest BCUT2D eigenvalue weighted by molar-refractivity contribution is 1.54. The summed E-state index contributed by atoms with van der Waals surface area (Å²) in [6, 6.07) is 19.8. The van der Waals surface area contributed by atoms with Crippen molar-refractivity contribution in [3.8, 4) is 0 Å². The number of benzene rings is 3. The Hall–Kier alpha value is -1.47. The lowest BCUT2D eigenvalue weighted by atomic mass is 10.0. The zero-order valence-electron chi connectivity index (χ0n) is 10.1. The standard InChI is InChI=1S/C16H15S/c1-17(2)16-9-5-8-14-10-12-6-3-4-7-13(12)11-15(14)16/h3-11H,1-2H3/q+1. The van der Waals surface area contributed by atoms with Gasteiger partial charge in [0.05, 0.1) is 0 Å². The third-order valence-electron chi connectivity index (χ3n) is 3.15. The van der Waals surface area contributed by atoms with Crippen LogP contribution in [0.25, 0.3) is 21.5 Å². The summed E-state index contributed by atoms with van der Waals surface area (Å²) >= 11 is 0. The van der Waals surface area contributed by atoms with E-state index in [1.165, 1.54) is 26.4 Å². The van der Waals surface area contributed by atoms with Crippen molar-refractivity contribution in [3.05, 3.63) is 54.6 Å². The Labute approximate surface area is 105 Å². The molecule has 1 heteroatoms. The van der Waals surface area contributed by atoms with E-state index in [1.54, 1.807) is 0 Å². The van der Waals surface area contributed by atoms with Crippen LogP contribution in [-0.4, -0.2) is 12.5 Å². The largest absolute Gasteiger partial charge is 0.162 e. The fraction of sp³-hybridized carbons (Fsp3) is 0.125. The molecular weight excluding hydrogens is 224 g/mol. The second-order valence-corrected chi connectivity index (χ2v) is 6.57. The van der Waals surface area contributed by atoms with Crippen molar-refractivity contribution >= 4 is 32.4 Å². The second-order valence-electron chi connectivity index (χ2n) is 4.49. The number of hydrogen-bond donors (Lipinski definition) is 0. The van der Waals surface area contributed by atoms with E-state index in [0.29, 0.717) is 10.9 Å². The predicted octanol–water partition coefficient (Wildman–Crippen LogP) is 4.23. The highest BCUT2D eigenvalue weighted by Gasteiger charge is 2.12. The summed E-state index contributed by atoms with van der Waals surface area (Å²) in [7, 11) is 0.304. The van der Waals surface area contributed by atoms with Gasteiger partial charge in [-0.25, -0.2) is 0 Å². The molecule has 0 unspecified atom stereocenters. The maximum absolute atomic E-state index is 2.33. The van der Waals surface area contributed by atoms with Crippen LogP contribution in [0.15, 0.2) is 59.5 Å². The highest BCUT2D eigenvalue weighted by Crippen LogP contribution is 2.27. The summed E-state index contributed by atoms with van der Waals surface area (Å²) in [5.74, 6) is 0. The van der Waals surface area contributed by atoms with Crippen molar-refractivity contribution in [2.24, 2.45) is 0 Å². The molecule has 0 aliphatic carbocycles. The minimum Gasteiger partial charge on any atom is -0.0616 e. The van der Waals surface area contributed by atoms with E-state index in [2.05, 4.69) is 67.1 Å². The highest BCUT2D eigenvalue weighted by molar-refractivity contribution is 7.95. The van der Waals surface area contributed by atoms with E-state index in [0.717, 1.165) is 0 Å². The molecule has 0 saturated heterocycles. The maximum Gasteiger partial charge on any atom is 0.162 e. The summed E-state index contributed by atoms with van der Waals surface area (Å²) in [6.07, 6.45) is 4.56. The zero-order chi connectivity index (χ0) is 11.8. The van der Waals surface area contributed by atoms with Gasteiger partial charge in [0.1, 0.15) is 12.5 Å². The molecular formula is C16H15S+. The first-order valence-electron chi connectivity index (χ1n) is 5.75. The molecule has 0 nitrogen and oxygen atoms in total. The van der Waals surface area contributed by atoms with Crippen LogP contribution in [0.5, 0.6) is 0 Å². The molecule has 0 N–H and O–H groups in total. The van der Waals surface area contributed by atoms with Crippen molar-refractivity contribution in [3.63, 3.8) is 0 Å². The van der Waals surface area contributed by atoms with Crippen molar-refractivity contribution < 1.29 is 0 Å². The van der Waals surface area contributed by atoms with Gasteiger partial charge in [0, 0.05) is 16.3 Å². The summed E-state index contributed by atoms with van der Waals surface area (Å²) in [5.41, 5.74) is 0. The molecule has 84 valence electrons. The molecule has 0 heterocycles. The minimum absolute atomic E-state index is 0.304. The van der Waals surface area contributed by atoms with Crippen molar-refractivity contribution in [2.75, 3.05) is 12.5 Å². The first-order chi connectivity index (χ1) is 8.25. The van der Waals surface area contributed by atoms with Gasteiger partial charge >= 0.3 is 0 Å². The molecule has 0 amide bonds. The predicted molar refractivity (Wildman–Crippen MR) is 78.9 cm³/mol. The van der Waals surface area contributed by atoms with Crippen molar-refractivity contribution in [1.82, 2.24) is 0 Å². The molecule has 0 aliphatic rings. The Bertz CT molecular complexity index is 683. The normalized spacial score (nSPS) is 11.5. The van der Waals surface area contributed by atoms with Gasteiger partial charge in [0.2, 0.25) is 0 Å². The average molecular weight is 239 g/mol. The minimum atomic E-state index is 0.304. The smallest absolute Gasteiger partial charge is 0.0616 e. The highest BCUT2D eigenvalue weighted by atomic mass is 32.2. The Balaban J connectivity index is 2.43. The van der Waals surface area contributed by atoms with Gasteiger partial charge in [-0.15, -0.1) is 0 Å². The van der Waals surface area contributed by atoms with Crippen LogP contribution in [0.4, 0.5) is 0 Å². The average Bonchev–Trinajstić information content (AvgIpc) is 2.35. The lowest BCUT2D eigenvalue weighted by Crippen LogP contribution is -1.96. The summed E-state index contributed by atoms with van der Waals surface area (Å²) < 4.78 is 0. The van der Waals surface area contributed by atoms with Gasteiger partial charge in [-0.3, -0.25) is 0 Å². The van der Waals surface area contributed by atoms with E-state index in [-0.39, 0.29) is 0 Å². The van der Waals surface area contributed by atoms with E-state index in [9.17, 15) is 0 Å². The molecule has 0 atom stereocenters. The summed E-state index contributed by atoms with van der Waals surface area (Å²) in [5, 5.41) is 5.41. The van der Waals surface area contributed by atoms with Crippen LogP contribution < -0.4 is 0 Å². The molecule has 0 bridgehead atoms. The third-order valence-corrected chi connectivity index (χ3v) is 4.38. The molecule has 0 aromatic heterocycles. The molecule has 3 rings (SSSR count). The Morgan fingerprint density at radius 2 is 1.35 bits per heavy atom. The van der Waals surface area contributed by atoms with Gasteiger partial charge in [-0.05, 0) is 34.4 Å². The second kappa shape index (κ2) is 4.08. The third kappa shape index (κ3) is 1.81. The quantitative estimate of drug-likeness (QED) is 0.440. The maximum atomic E-state index is 2.33. The van der Waals surface area contributed by atoms with Crippen LogP contribution in [0.3, 0.4) is 0 Å².